The van der Waals surface area contributed by atoms with Crippen molar-refractivity contribution >= 4 is 11.8 Å². The van der Waals surface area contributed by atoms with Gasteiger partial charge in [-0.1, -0.05) is 36.4 Å². The summed E-state index contributed by atoms with van der Waals surface area (Å²) in [5.74, 6) is 6.68. The molecule has 0 aromatic heterocycles. The van der Waals surface area contributed by atoms with E-state index < -0.39 is 0 Å². The maximum atomic E-state index is 5.81. The van der Waals surface area contributed by atoms with Crippen LogP contribution in [-0.4, -0.2) is 12.9 Å². The molecule has 0 saturated carbocycles. The molecular weight excluding hydrogens is 268 g/mol. The topological polar surface area (TPSA) is 47.3 Å². The Balaban J connectivity index is 2.47. The minimum atomic E-state index is -0.0820. The summed E-state index contributed by atoms with van der Waals surface area (Å²) >= 11 is 1.72. The van der Waals surface area contributed by atoms with E-state index in [1.165, 1.54) is 4.90 Å². The third-order valence-electron chi connectivity index (χ3n) is 3.15. The number of hydrazine groups is 1. The van der Waals surface area contributed by atoms with Crippen LogP contribution in [0.2, 0.25) is 0 Å². The van der Waals surface area contributed by atoms with Crippen LogP contribution in [0, 0.1) is 0 Å². The van der Waals surface area contributed by atoms with Crippen molar-refractivity contribution in [3.63, 3.8) is 0 Å². The molecule has 1 atom stereocenters. The summed E-state index contributed by atoms with van der Waals surface area (Å²) < 4.78 is 5.71. The summed E-state index contributed by atoms with van der Waals surface area (Å²) in [5, 5.41) is 0. The summed E-state index contributed by atoms with van der Waals surface area (Å²) in [6.45, 7) is 2.62. The van der Waals surface area contributed by atoms with E-state index in [9.17, 15) is 0 Å². The van der Waals surface area contributed by atoms with E-state index in [1.54, 1.807) is 11.8 Å². The Morgan fingerprint density at radius 3 is 2.40 bits per heavy atom. The van der Waals surface area contributed by atoms with Crippen molar-refractivity contribution in [3.8, 4) is 5.75 Å². The number of rotatable bonds is 6. The molecule has 2 aromatic carbocycles. The Hall–Kier alpha value is -1.49. The lowest BCUT2D eigenvalue weighted by molar-refractivity contribution is 0.333. The number of para-hydroxylation sites is 1. The van der Waals surface area contributed by atoms with Gasteiger partial charge in [-0.25, -0.2) is 5.43 Å². The van der Waals surface area contributed by atoms with E-state index >= 15 is 0 Å². The molecule has 4 heteroatoms. The van der Waals surface area contributed by atoms with Crippen LogP contribution >= 0.6 is 11.8 Å². The maximum absolute atomic E-state index is 5.81. The maximum Gasteiger partial charge on any atom is 0.124 e. The van der Waals surface area contributed by atoms with Gasteiger partial charge in [0.1, 0.15) is 5.75 Å². The normalized spacial score (nSPS) is 12.2. The highest BCUT2D eigenvalue weighted by molar-refractivity contribution is 7.98. The van der Waals surface area contributed by atoms with Gasteiger partial charge in [-0.15, -0.1) is 11.8 Å². The van der Waals surface area contributed by atoms with Crippen LogP contribution < -0.4 is 16.0 Å². The Morgan fingerprint density at radius 1 is 1.10 bits per heavy atom. The Morgan fingerprint density at radius 2 is 1.75 bits per heavy atom. The monoisotopic (exact) mass is 288 g/mol. The highest BCUT2D eigenvalue weighted by Crippen LogP contribution is 2.34. The average molecular weight is 288 g/mol. The van der Waals surface area contributed by atoms with E-state index in [-0.39, 0.29) is 6.04 Å². The van der Waals surface area contributed by atoms with Crippen LogP contribution in [-0.2, 0) is 0 Å². The van der Waals surface area contributed by atoms with Crippen LogP contribution in [0.1, 0.15) is 24.1 Å². The minimum Gasteiger partial charge on any atom is -0.494 e. The molecule has 3 nitrogen and oxygen atoms in total. The van der Waals surface area contributed by atoms with Gasteiger partial charge in [0.2, 0.25) is 0 Å². The number of hydrogen-bond donors (Lipinski definition) is 2. The second kappa shape index (κ2) is 7.33. The molecule has 1 unspecified atom stereocenters. The van der Waals surface area contributed by atoms with Crippen molar-refractivity contribution < 1.29 is 4.74 Å². The van der Waals surface area contributed by atoms with Gasteiger partial charge in [-0.2, -0.15) is 0 Å². The lowest BCUT2D eigenvalue weighted by Crippen LogP contribution is -2.29. The van der Waals surface area contributed by atoms with Crippen LogP contribution in [0.15, 0.2) is 53.4 Å². The molecule has 106 valence electrons. The lowest BCUT2D eigenvalue weighted by atomic mass is 9.98. The average Bonchev–Trinajstić information content (AvgIpc) is 2.50. The molecule has 0 aliphatic rings. The molecule has 0 aliphatic heterocycles. The molecule has 2 rings (SSSR count). The number of thioether (sulfide) groups is 1. The smallest absolute Gasteiger partial charge is 0.124 e. The van der Waals surface area contributed by atoms with E-state index in [2.05, 4.69) is 23.8 Å². The first kappa shape index (κ1) is 14.9. The third kappa shape index (κ3) is 3.15. The quantitative estimate of drug-likeness (QED) is 0.486. The second-order valence-corrected chi connectivity index (χ2v) is 5.16. The van der Waals surface area contributed by atoms with Crippen molar-refractivity contribution in [2.45, 2.75) is 17.9 Å². The molecule has 0 spiro atoms. The van der Waals surface area contributed by atoms with Crippen molar-refractivity contribution in [3.05, 3.63) is 59.7 Å². The number of hydrogen-bond acceptors (Lipinski definition) is 4. The van der Waals surface area contributed by atoms with Gasteiger partial charge in [0.15, 0.2) is 0 Å². The Labute approximate surface area is 124 Å². The fourth-order valence-corrected chi connectivity index (χ4v) is 2.89. The van der Waals surface area contributed by atoms with Gasteiger partial charge in [0.05, 0.1) is 12.6 Å². The van der Waals surface area contributed by atoms with Crippen molar-refractivity contribution in [1.82, 2.24) is 5.43 Å². The second-order valence-electron chi connectivity index (χ2n) is 4.31. The first-order valence-electron chi connectivity index (χ1n) is 6.62. The standard InChI is InChI=1S/C16H20N2OS/c1-3-19-14-10-6-4-8-12(14)16(18-17)13-9-5-7-11-15(13)20-2/h4-11,16,18H,3,17H2,1-2H3. The zero-order valence-corrected chi connectivity index (χ0v) is 12.6. The van der Waals surface area contributed by atoms with Crippen molar-refractivity contribution in [2.24, 2.45) is 5.84 Å². The van der Waals surface area contributed by atoms with E-state index in [4.69, 9.17) is 10.6 Å². The van der Waals surface area contributed by atoms with Gasteiger partial charge < -0.3 is 4.74 Å². The Bertz CT molecular complexity index is 560. The molecule has 0 bridgehead atoms. The van der Waals surface area contributed by atoms with Gasteiger partial charge in [-0.05, 0) is 30.9 Å². The zero-order chi connectivity index (χ0) is 14.4. The van der Waals surface area contributed by atoms with E-state index in [0.717, 1.165) is 16.9 Å². The minimum absolute atomic E-state index is 0.0820. The molecule has 0 heterocycles. The lowest BCUT2D eigenvalue weighted by Gasteiger charge is -2.22. The van der Waals surface area contributed by atoms with Crippen LogP contribution in [0.4, 0.5) is 0 Å². The molecule has 0 aliphatic carbocycles. The van der Waals surface area contributed by atoms with Gasteiger partial charge >= 0.3 is 0 Å². The summed E-state index contributed by atoms with van der Waals surface area (Å²) in [7, 11) is 0. The number of benzene rings is 2. The van der Waals surface area contributed by atoms with Crippen molar-refractivity contribution in [1.29, 1.82) is 0 Å². The first-order valence-corrected chi connectivity index (χ1v) is 7.85. The fourth-order valence-electron chi connectivity index (χ4n) is 2.26. The van der Waals surface area contributed by atoms with Gasteiger partial charge in [-0.3, -0.25) is 5.84 Å². The number of ether oxygens (including phenoxy) is 1. The summed E-state index contributed by atoms with van der Waals surface area (Å²) in [6, 6.07) is 16.2. The molecule has 0 saturated heterocycles. The van der Waals surface area contributed by atoms with Crippen LogP contribution in [0.3, 0.4) is 0 Å². The third-order valence-corrected chi connectivity index (χ3v) is 3.96. The first-order chi connectivity index (χ1) is 9.81. The SMILES string of the molecule is CCOc1ccccc1C(NN)c1ccccc1SC. The van der Waals surface area contributed by atoms with Crippen molar-refractivity contribution in [2.75, 3.05) is 12.9 Å². The van der Waals surface area contributed by atoms with E-state index in [0.29, 0.717) is 6.61 Å². The van der Waals surface area contributed by atoms with Crippen LogP contribution in [0.25, 0.3) is 0 Å². The largest absolute Gasteiger partial charge is 0.494 e. The number of nitrogens with two attached hydrogens (primary N) is 1. The number of nitrogens with one attached hydrogen (secondary N) is 1. The van der Waals surface area contributed by atoms with E-state index in [1.807, 2.05) is 43.3 Å². The zero-order valence-electron chi connectivity index (χ0n) is 11.8. The Kier molecular flexibility index (Phi) is 5.47. The highest BCUT2D eigenvalue weighted by Gasteiger charge is 2.19. The fraction of sp³-hybridized carbons (Fsp3) is 0.250. The molecule has 0 radical (unpaired) electrons. The molecule has 2 aromatic rings. The van der Waals surface area contributed by atoms with Gasteiger partial charge in [0.25, 0.3) is 0 Å². The summed E-state index contributed by atoms with van der Waals surface area (Å²) in [4.78, 5) is 1.21. The predicted octanol–water partition coefficient (Wildman–Crippen LogP) is 3.36. The molecular formula is C16H20N2OS. The molecule has 0 amide bonds. The molecule has 0 fully saturated rings. The molecule has 20 heavy (non-hydrogen) atoms. The van der Waals surface area contributed by atoms with Crippen LogP contribution in [0.5, 0.6) is 5.75 Å². The molecule has 3 N–H and O–H groups in total. The highest BCUT2D eigenvalue weighted by atomic mass is 32.2. The summed E-state index contributed by atoms with van der Waals surface area (Å²) in [5.41, 5.74) is 5.13. The predicted molar refractivity (Wildman–Crippen MR) is 85.0 cm³/mol. The summed E-state index contributed by atoms with van der Waals surface area (Å²) in [6.07, 6.45) is 2.07. The van der Waals surface area contributed by atoms with Gasteiger partial charge in [0, 0.05) is 10.5 Å².